The van der Waals surface area contributed by atoms with E-state index >= 15 is 0 Å². The molecule has 2 N–H and O–H groups in total. The summed E-state index contributed by atoms with van der Waals surface area (Å²) in [5.74, 6) is -0.470. The van der Waals surface area contributed by atoms with Gasteiger partial charge in [0, 0.05) is 5.56 Å². The SMILES string of the molecule is CSCC[C@@H](N=C(NS(=O)(=O)c1ccccc1)c1ccccc1)C(=O)O. The molecule has 26 heavy (non-hydrogen) atoms. The zero-order chi connectivity index (χ0) is 19.0. The Morgan fingerprint density at radius 2 is 1.69 bits per heavy atom. The summed E-state index contributed by atoms with van der Waals surface area (Å²) in [5, 5.41) is 9.42. The second-order valence-corrected chi connectivity index (χ2v) is 8.07. The van der Waals surface area contributed by atoms with Crippen LogP contribution in [-0.4, -0.2) is 43.4 Å². The molecule has 0 saturated heterocycles. The van der Waals surface area contributed by atoms with Gasteiger partial charge in [-0.2, -0.15) is 11.8 Å². The minimum atomic E-state index is -3.88. The van der Waals surface area contributed by atoms with Crippen molar-refractivity contribution in [3.05, 3.63) is 66.2 Å². The molecule has 2 aromatic carbocycles. The number of benzene rings is 2. The van der Waals surface area contributed by atoms with Gasteiger partial charge in [-0.05, 0) is 30.6 Å². The fraction of sp³-hybridized carbons (Fsp3) is 0.222. The number of carbonyl (C=O) groups is 1. The van der Waals surface area contributed by atoms with Crippen molar-refractivity contribution in [1.82, 2.24) is 4.72 Å². The first-order valence-corrected chi connectivity index (χ1v) is 10.7. The van der Waals surface area contributed by atoms with E-state index in [0.29, 0.717) is 17.7 Å². The molecule has 0 radical (unpaired) electrons. The summed E-state index contributed by atoms with van der Waals surface area (Å²) in [6.45, 7) is 0. The van der Waals surface area contributed by atoms with Crippen LogP contribution in [0.2, 0.25) is 0 Å². The third kappa shape index (κ3) is 5.60. The van der Waals surface area contributed by atoms with Crippen LogP contribution in [0.3, 0.4) is 0 Å². The molecule has 0 amide bonds. The maximum absolute atomic E-state index is 12.6. The highest BCUT2D eigenvalue weighted by Crippen LogP contribution is 2.12. The fourth-order valence-corrected chi connectivity index (χ4v) is 3.69. The van der Waals surface area contributed by atoms with Crippen LogP contribution in [0.4, 0.5) is 0 Å². The number of sulfonamides is 1. The van der Waals surface area contributed by atoms with Crippen molar-refractivity contribution in [3.8, 4) is 0 Å². The molecule has 2 rings (SSSR count). The van der Waals surface area contributed by atoms with Crippen molar-refractivity contribution in [2.75, 3.05) is 12.0 Å². The molecule has 2 aromatic rings. The van der Waals surface area contributed by atoms with Gasteiger partial charge < -0.3 is 5.11 Å². The van der Waals surface area contributed by atoms with E-state index < -0.39 is 22.0 Å². The van der Waals surface area contributed by atoms with Crippen LogP contribution in [0.5, 0.6) is 0 Å². The summed E-state index contributed by atoms with van der Waals surface area (Å²) in [7, 11) is -3.88. The summed E-state index contributed by atoms with van der Waals surface area (Å²) >= 11 is 1.51. The summed E-state index contributed by atoms with van der Waals surface area (Å²) in [6.07, 6.45) is 2.18. The number of amidine groups is 1. The zero-order valence-corrected chi connectivity index (χ0v) is 15.8. The molecule has 6 nitrogen and oxygen atoms in total. The summed E-state index contributed by atoms with van der Waals surface area (Å²) in [6, 6.07) is 15.5. The van der Waals surface area contributed by atoms with E-state index in [1.165, 1.54) is 23.9 Å². The predicted molar refractivity (Wildman–Crippen MR) is 104 cm³/mol. The average molecular weight is 393 g/mol. The Hall–Kier alpha value is -2.32. The van der Waals surface area contributed by atoms with E-state index in [0.717, 1.165) is 0 Å². The maximum atomic E-state index is 12.6. The molecular weight excluding hydrogens is 372 g/mol. The van der Waals surface area contributed by atoms with Gasteiger partial charge in [0.1, 0.15) is 5.84 Å². The number of aliphatic imine (C=N–C) groups is 1. The topological polar surface area (TPSA) is 95.8 Å². The molecule has 0 aliphatic carbocycles. The summed E-state index contributed by atoms with van der Waals surface area (Å²) in [5.41, 5.74) is 0.502. The molecule has 0 bridgehead atoms. The first-order chi connectivity index (χ1) is 12.4. The average Bonchev–Trinajstić information content (AvgIpc) is 2.65. The lowest BCUT2D eigenvalue weighted by Gasteiger charge is -2.14. The molecule has 0 aliphatic heterocycles. The molecule has 0 aliphatic rings. The lowest BCUT2D eigenvalue weighted by molar-refractivity contribution is -0.138. The number of aliphatic carboxylic acids is 1. The monoisotopic (exact) mass is 392 g/mol. The highest BCUT2D eigenvalue weighted by atomic mass is 32.2. The Bertz CT molecular complexity index is 853. The van der Waals surface area contributed by atoms with Gasteiger partial charge in [0.25, 0.3) is 10.0 Å². The van der Waals surface area contributed by atoms with Crippen LogP contribution in [0.1, 0.15) is 12.0 Å². The maximum Gasteiger partial charge on any atom is 0.328 e. The van der Waals surface area contributed by atoms with Crippen molar-refractivity contribution in [2.45, 2.75) is 17.4 Å². The molecule has 0 saturated carbocycles. The lowest BCUT2D eigenvalue weighted by atomic mass is 10.2. The molecule has 0 unspecified atom stereocenters. The van der Waals surface area contributed by atoms with Crippen LogP contribution in [0.25, 0.3) is 0 Å². The summed E-state index contributed by atoms with van der Waals surface area (Å²) < 4.78 is 27.7. The Labute approximate surface area is 157 Å². The lowest BCUT2D eigenvalue weighted by Crippen LogP contribution is -2.34. The van der Waals surface area contributed by atoms with Gasteiger partial charge in [0.2, 0.25) is 0 Å². The van der Waals surface area contributed by atoms with Gasteiger partial charge in [0.05, 0.1) is 4.90 Å². The van der Waals surface area contributed by atoms with Crippen molar-refractivity contribution < 1.29 is 18.3 Å². The predicted octanol–water partition coefficient (Wildman–Crippen LogP) is 2.62. The minimum absolute atomic E-state index is 0.0166. The summed E-state index contributed by atoms with van der Waals surface area (Å²) in [4.78, 5) is 15.8. The van der Waals surface area contributed by atoms with E-state index in [-0.39, 0.29) is 10.7 Å². The second-order valence-electron chi connectivity index (χ2n) is 5.40. The van der Waals surface area contributed by atoms with Crippen LogP contribution < -0.4 is 4.72 Å². The highest BCUT2D eigenvalue weighted by molar-refractivity contribution is 7.98. The van der Waals surface area contributed by atoms with Crippen LogP contribution in [-0.2, 0) is 14.8 Å². The third-order valence-electron chi connectivity index (χ3n) is 3.50. The normalized spacial score (nSPS) is 13.2. The molecule has 138 valence electrons. The molecule has 8 heteroatoms. The van der Waals surface area contributed by atoms with Crippen molar-refractivity contribution >= 4 is 33.6 Å². The number of thioether (sulfide) groups is 1. The number of carboxylic acids is 1. The largest absolute Gasteiger partial charge is 0.480 e. The Morgan fingerprint density at radius 1 is 1.12 bits per heavy atom. The van der Waals surface area contributed by atoms with Crippen molar-refractivity contribution in [3.63, 3.8) is 0 Å². The number of rotatable bonds is 8. The van der Waals surface area contributed by atoms with Crippen molar-refractivity contribution in [1.29, 1.82) is 0 Å². The quantitative estimate of drug-likeness (QED) is 0.532. The number of hydrogen-bond donors (Lipinski definition) is 2. The van der Waals surface area contributed by atoms with Crippen LogP contribution >= 0.6 is 11.8 Å². The fourth-order valence-electron chi connectivity index (χ4n) is 2.17. The van der Waals surface area contributed by atoms with E-state index in [1.54, 1.807) is 48.5 Å². The Morgan fingerprint density at radius 3 is 2.23 bits per heavy atom. The zero-order valence-electron chi connectivity index (χ0n) is 14.2. The standard InChI is InChI=1S/C18H20N2O4S2/c1-25-13-12-16(18(21)22)19-17(14-8-4-2-5-9-14)20-26(23,24)15-10-6-3-7-11-15/h2-11,16H,12-13H2,1H3,(H,19,20)(H,21,22)/t16-/m1/s1. The van der Waals surface area contributed by atoms with Crippen LogP contribution in [0.15, 0.2) is 70.6 Å². The van der Waals surface area contributed by atoms with Crippen LogP contribution in [0, 0.1) is 0 Å². The van der Waals surface area contributed by atoms with Gasteiger partial charge in [-0.1, -0.05) is 48.5 Å². The molecule has 0 aromatic heterocycles. The molecular formula is C18H20N2O4S2. The van der Waals surface area contributed by atoms with E-state index in [1.807, 2.05) is 6.26 Å². The first-order valence-electron chi connectivity index (χ1n) is 7.87. The number of hydrogen-bond acceptors (Lipinski definition) is 5. The van der Waals surface area contributed by atoms with Crippen molar-refractivity contribution in [2.24, 2.45) is 4.99 Å². The molecule has 1 atom stereocenters. The number of carboxylic acid groups (broad SMARTS) is 1. The highest BCUT2D eigenvalue weighted by Gasteiger charge is 2.21. The van der Waals surface area contributed by atoms with Gasteiger partial charge in [-0.25, -0.2) is 13.2 Å². The first kappa shape index (κ1) is 20.0. The minimum Gasteiger partial charge on any atom is -0.480 e. The van der Waals surface area contributed by atoms with Gasteiger partial charge >= 0.3 is 5.97 Å². The van der Waals surface area contributed by atoms with Gasteiger partial charge in [-0.3, -0.25) is 9.71 Å². The molecule has 0 fully saturated rings. The van der Waals surface area contributed by atoms with E-state index in [2.05, 4.69) is 9.71 Å². The third-order valence-corrected chi connectivity index (χ3v) is 5.50. The number of nitrogens with zero attached hydrogens (tertiary/aromatic N) is 1. The van der Waals surface area contributed by atoms with E-state index in [4.69, 9.17) is 0 Å². The smallest absolute Gasteiger partial charge is 0.328 e. The number of nitrogens with one attached hydrogen (secondary N) is 1. The van der Waals surface area contributed by atoms with E-state index in [9.17, 15) is 18.3 Å². The molecule has 0 spiro atoms. The van der Waals surface area contributed by atoms with Gasteiger partial charge in [-0.15, -0.1) is 0 Å². The second kappa shape index (κ2) is 9.40. The Kier molecular flexibility index (Phi) is 7.23. The molecule has 0 heterocycles. The van der Waals surface area contributed by atoms with Gasteiger partial charge in [0.15, 0.2) is 6.04 Å². The Balaban J connectivity index is 2.42.